The van der Waals surface area contributed by atoms with Crippen LogP contribution in [0.3, 0.4) is 0 Å². The lowest BCUT2D eigenvalue weighted by Gasteiger charge is -2.21. The number of hydrogen-bond acceptors (Lipinski definition) is 4. The molecule has 0 saturated carbocycles. The third-order valence-corrected chi connectivity index (χ3v) is 2.32. The van der Waals surface area contributed by atoms with E-state index in [0.29, 0.717) is 11.5 Å². The maximum absolute atomic E-state index is 5.63. The molecular weight excluding hydrogens is 192 g/mol. The molecule has 0 radical (unpaired) electrons. The van der Waals surface area contributed by atoms with Crippen molar-refractivity contribution in [1.82, 2.24) is 25.0 Å². The van der Waals surface area contributed by atoms with E-state index in [-0.39, 0.29) is 0 Å². The van der Waals surface area contributed by atoms with Crippen LogP contribution in [0.5, 0.6) is 0 Å². The highest BCUT2D eigenvalue weighted by Gasteiger charge is 2.28. The van der Waals surface area contributed by atoms with Gasteiger partial charge in [0.2, 0.25) is 0 Å². The van der Waals surface area contributed by atoms with Crippen molar-refractivity contribution in [1.29, 1.82) is 0 Å². The largest absolute Gasteiger partial charge is 0.396 e. The summed E-state index contributed by atoms with van der Waals surface area (Å²) in [6.45, 7) is 5.84. The molecule has 0 saturated heterocycles. The van der Waals surface area contributed by atoms with Gasteiger partial charge in [-0.15, -0.1) is 0 Å². The maximum Gasteiger partial charge on any atom is 0.177 e. The number of hydrogen-bond donors (Lipinski definition) is 2. The van der Waals surface area contributed by atoms with E-state index in [1.165, 1.54) is 0 Å². The lowest BCUT2D eigenvalue weighted by atomic mass is 10.1. The Kier molecular flexibility index (Phi) is 1.99. The van der Waals surface area contributed by atoms with Gasteiger partial charge in [0, 0.05) is 6.20 Å². The van der Waals surface area contributed by atoms with Crippen LogP contribution in [0.25, 0.3) is 0 Å². The number of nitrogens with zero attached hydrogens (tertiary/aromatic N) is 4. The molecule has 0 aliphatic rings. The molecule has 0 bridgehead atoms. The molecule has 6 nitrogen and oxygen atoms in total. The summed E-state index contributed by atoms with van der Waals surface area (Å²) in [6, 6.07) is 0. The van der Waals surface area contributed by atoms with Gasteiger partial charge in [-0.05, 0) is 20.8 Å². The maximum atomic E-state index is 5.63. The summed E-state index contributed by atoms with van der Waals surface area (Å²) in [4.78, 5) is 4.30. The Hall–Kier alpha value is -1.85. The number of aryl methyl sites for hydroxylation is 1. The zero-order chi connectivity index (χ0) is 11.1. The predicted molar refractivity (Wildman–Crippen MR) is 56.2 cm³/mol. The number of H-pyrrole nitrogens is 1. The van der Waals surface area contributed by atoms with Crippen LogP contribution in [-0.4, -0.2) is 25.0 Å². The smallest absolute Gasteiger partial charge is 0.177 e. The minimum Gasteiger partial charge on any atom is -0.396 e. The molecule has 0 aromatic carbocycles. The molecule has 80 valence electrons. The number of nitrogens with one attached hydrogen (secondary N) is 1. The molecule has 2 heterocycles. The molecule has 0 aliphatic carbocycles. The first-order chi connectivity index (χ1) is 7.00. The average Bonchev–Trinajstić information content (AvgIpc) is 2.74. The molecule has 0 spiro atoms. The van der Waals surface area contributed by atoms with Gasteiger partial charge in [0.25, 0.3) is 0 Å². The molecule has 15 heavy (non-hydrogen) atoms. The van der Waals surface area contributed by atoms with Crippen LogP contribution in [0, 0.1) is 6.92 Å². The molecular formula is C9H14N6. The van der Waals surface area contributed by atoms with Gasteiger partial charge in [0.1, 0.15) is 11.4 Å². The summed E-state index contributed by atoms with van der Waals surface area (Å²) in [5, 5.41) is 11.1. The Morgan fingerprint density at radius 3 is 2.67 bits per heavy atom. The van der Waals surface area contributed by atoms with Crippen LogP contribution < -0.4 is 5.73 Å². The van der Waals surface area contributed by atoms with Crippen LogP contribution in [0.2, 0.25) is 0 Å². The molecule has 0 amide bonds. The zero-order valence-electron chi connectivity index (χ0n) is 9.02. The number of anilines is 1. The van der Waals surface area contributed by atoms with E-state index in [0.717, 1.165) is 5.82 Å². The highest BCUT2D eigenvalue weighted by molar-refractivity contribution is 5.31. The van der Waals surface area contributed by atoms with Gasteiger partial charge in [-0.3, -0.25) is 9.78 Å². The van der Waals surface area contributed by atoms with Crippen molar-refractivity contribution < 1.29 is 0 Å². The van der Waals surface area contributed by atoms with Crippen molar-refractivity contribution in [3.8, 4) is 0 Å². The fourth-order valence-corrected chi connectivity index (χ4v) is 1.36. The summed E-state index contributed by atoms with van der Waals surface area (Å²) in [5.41, 5.74) is 5.86. The van der Waals surface area contributed by atoms with Crippen molar-refractivity contribution in [2.75, 3.05) is 5.73 Å². The summed E-state index contributed by atoms with van der Waals surface area (Å²) < 4.78 is 1.75. The van der Waals surface area contributed by atoms with Crippen molar-refractivity contribution >= 4 is 5.69 Å². The molecule has 2 aromatic rings. The van der Waals surface area contributed by atoms with Crippen molar-refractivity contribution in [3.05, 3.63) is 24.0 Å². The minimum absolute atomic E-state index is 0.400. The molecule has 2 aromatic heterocycles. The van der Waals surface area contributed by atoms with E-state index in [4.69, 9.17) is 5.73 Å². The van der Waals surface area contributed by atoms with Crippen molar-refractivity contribution in [2.45, 2.75) is 26.3 Å². The highest BCUT2D eigenvalue weighted by Crippen LogP contribution is 2.21. The monoisotopic (exact) mass is 206 g/mol. The third kappa shape index (κ3) is 1.58. The highest BCUT2D eigenvalue weighted by atomic mass is 15.3. The van der Waals surface area contributed by atoms with Crippen LogP contribution in [0.15, 0.2) is 12.4 Å². The number of nitrogen functional groups attached to an aromatic ring is 1. The average molecular weight is 206 g/mol. The molecule has 2 rings (SSSR count). The van der Waals surface area contributed by atoms with E-state index in [1.807, 2.05) is 20.8 Å². The van der Waals surface area contributed by atoms with Crippen molar-refractivity contribution in [3.63, 3.8) is 0 Å². The Bertz CT molecular complexity index is 424. The second-order valence-corrected chi connectivity index (χ2v) is 4.02. The fourth-order valence-electron chi connectivity index (χ4n) is 1.36. The summed E-state index contributed by atoms with van der Waals surface area (Å²) >= 11 is 0. The van der Waals surface area contributed by atoms with E-state index in [2.05, 4.69) is 20.3 Å². The first kappa shape index (κ1) is 9.70. The summed E-state index contributed by atoms with van der Waals surface area (Å²) in [5.74, 6) is 1.49. The second kappa shape index (κ2) is 3.08. The van der Waals surface area contributed by atoms with E-state index < -0.39 is 5.54 Å². The van der Waals surface area contributed by atoms with Crippen LogP contribution >= 0.6 is 0 Å². The lowest BCUT2D eigenvalue weighted by molar-refractivity contribution is 0.369. The number of nitrogens with two attached hydrogens (primary N) is 1. The molecule has 3 N–H and O–H groups in total. The van der Waals surface area contributed by atoms with Crippen LogP contribution in [-0.2, 0) is 5.54 Å². The van der Waals surface area contributed by atoms with E-state index >= 15 is 0 Å². The Morgan fingerprint density at radius 1 is 1.47 bits per heavy atom. The van der Waals surface area contributed by atoms with Gasteiger partial charge >= 0.3 is 0 Å². The Balaban J connectivity index is 2.42. The van der Waals surface area contributed by atoms with Gasteiger partial charge in [0.05, 0.1) is 11.9 Å². The molecule has 0 aliphatic heterocycles. The topological polar surface area (TPSA) is 85.4 Å². The number of aromatic amines is 1. The van der Waals surface area contributed by atoms with E-state index in [1.54, 1.807) is 17.1 Å². The molecule has 0 atom stereocenters. The SMILES string of the molecule is Cc1nc(C(C)(C)n2cc(N)cn2)n[nH]1. The summed E-state index contributed by atoms with van der Waals surface area (Å²) in [6.07, 6.45) is 3.38. The quantitative estimate of drug-likeness (QED) is 0.756. The number of rotatable bonds is 2. The zero-order valence-corrected chi connectivity index (χ0v) is 9.02. The Labute approximate surface area is 87.5 Å². The minimum atomic E-state index is -0.400. The van der Waals surface area contributed by atoms with Gasteiger partial charge < -0.3 is 5.73 Å². The predicted octanol–water partition coefficient (Wildman–Crippen LogP) is 0.675. The summed E-state index contributed by atoms with van der Waals surface area (Å²) in [7, 11) is 0. The molecule has 0 fully saturated rings. The first-order valence-electron chi connectivity index (χ1n) is 4.70. The van der Waals surface area contributed by atoms with Gasteiger partial charge in [0.15, 0.2) is 5.82 Å². The number of aromatic nitrogens is 5. The van der Waals surface area contributed by atoms with E-state index in [9.17, 15) is 0 Å². The normalized spacial score (nSPS) is 11.9. The first-order valence-corrected chi connectivity index (χ1v) is 4.70. The second-order valence-electron chi connectivity index (χ2n) is 4.02. The standard InChI is InChI=1S/C9H14N6/c1-6-12-8(14-13-6)9(2,3)15-5-7(10)4-11-15/h4-5H,10H2,1-3H3,(H,12,13,14). The van der Waals surface area contributed by atoms with Gasteiger partial charge in [-0.2, -0.15) is 10.2 Å². The van der Waals surface area contributed by atoms with Crippen LogP contribution in [0.1, 0.15) is 25.5 Å². The fraction of sp³-hybridized carbons (Fsp3) is 0.444. The molecule has 6 heteroatoms. The van der Waals surface area contributed by atoms with Crippen LogP contribution in [0.4, 0.5) is 5.69 Å². The molecule has 0 unspecified atom stereocenters. The Morgan fingerprint density at radius 2 is 2.20 bits per heavy atom. The lowest BCUT2D eigenvalue weighted by Crippen LogP contribution is -2.29. The van der Waals surface area contributed by atoms with Crippen molar-refractivity contribution in [2.24, 2.45) is 0 Å². The van der Waals surface area contributed by atoms with Gasteiger partial charge in [-0.1, -0.05) is 0 Å². The van der Waals surface area contributed by atoms with Gasteiger partial charge in [-0.25, -0.2) is 4.98 Å². The third-order valence-electron chi connectivity index (χ3n) is 2.32.